The molecule has 2 aromatic heterocycles. The molecule has 3 aromatic rings. The lowest BCUT2D eigenvalue weighted by Crippen LogP contribution is -2.36. The van der Waals surface area contributed by atoms with Crippen LogP contribution in [0.2, 0.25) is 0 Å². The third-order valence-corrected chi connectivity index (χ3v) is 6.66. The first-order chi connectivity index (χ1) is 14.7. The van der Waals surface area contributed by atoms with Crippen molar-refractivity contribution >= 4 is 33.1 Å². The summed E-state index contributed by atoms with van der Waals surface area (Å²) in [5.74, 6) is 3.25. The maximum Gasteiger partial charge on any atom is 0.163 e. The molecule has 1 aromatic carbocycles. The summed E-state index contributed by atoms with van der Waals surface area (Å²) in [6.07, 6.45) is 0.891. The number of hydrogen-bond donors (Lipinski definition) is 1. The standard InChI is InChI=1S/C22H26N4O3S/c1-14-15(2)30-22-20(14)21(24-19(25-22)13-26-6-10-27-11-7-26)23-16-4-5-17-18(12-16)29-9-3-8-28-17/h4-5,12H,3,6-11,13H2,1-2H3,(H,23,24,25). The van der Waals surface area contributed by atoms with Crippen LogP contribution >= 0.6 is 11.3 Å². The smallest absolute Gasteiger partial charge is 0.163 e. The third kappa shape index (κ3) is 3.95. The first kappa shape index (κ1) is 19.5. The lowest BCUT2D eigenvalue weighted by atomic mass is 10.2. The van der Waals surface area contributed by atoms with Gasteiger partial charge < -0.3 is 19.5 Å². The van der Waals surface area contributed by atoms with Gasteiger partial charge in [-0.2, -0.15) is 0 Å². The summed E-state index contributed by atoms with van der Waals surface area (Å²) in [7, 11) is 0. The quantitative estimate of drug-likeness (QED) is 0.675. The fraction of sp³-hybridized carbons (Fsp3) is 0.455. The zero-order chi connectivity index (χ0) is 20.5. The summed E-state index contributed by atoms with van der Waals surface area (Å²) in [6, 6.07) is 5.96. The van der Waals surface area contributed by atoms with E-state index >= 15 is 0 Å². The number of anilines is 2. The molecule has 0 spiro atoms. The molecular weight excluding hydrogens is 400 g/mol. The van der Waals surface area contributed by atoms with Crippen molar-refractivity contribution in [1.29, 1.82) is 0 Å². The van der Waals surface area contributed by atoms with Crippen molar-refractivity contribution in [2.75, 3.05) is 44.8 Å². The average molecular weight is 427 g/mol. The largest absolute Gasteiger partial charge is 0.490 e. The first-order valence-corrected chi connectivity index (χ1v) is 11.2. The summed E-state index contributed by atoms with van der Waals surface area (Å²) in [6.45, 7) is 9.71. The van der Waals surface area contributed by atoms with E-state index < -0.39 is 0 Å². The molecule has 0 unspecified atom stereocenters. The van der Waals surface area contributed by atoms with Gasteiger partial charge >= 0.3 is 0 Å². The number of hydrogen-bond acceptors (Lipinski definition) is 8. The number of fused-ring (bicyclic) bond motifs is 2. The van der Waals surface area contributed by atoms with Gasteiger partial charge in [0.25, 0.3) is 0 Å². The summed E-state index contributed by atoms with van der Waals surface area (Å²) < 4.78 is 17.1. The van der Waals surface area contributed by atoms with Crippen molar-refractivity contribution in [1.82, 2.24) is 14.9 Å². The predicted molar refractivity (Wildman–Crippen MR) is 118 cm³/mol. The molecule has 0 aliphatic carbocycles. The van der Waals surface area contributed by atoms with E-state index in [-0.39, 0.29) is 0 Å². The highest BCUT2D eigenvalue weighted by Gasteiger charge is 2.19. The van der Waals surface area contributed by atoms with E-state index in [2.05, 4.69) is 24.1 Å². The van der Waals surface area contributed by atoms with E-state index in [0.29, 0.717) is 13.2 Å². The summed E-state index contributed by atoms with van der Waals surface area (Å²) in [5, 5.41) is 4.62. The number of ether oxygens (including phenoxy) is 3. The summed E-state index contributed by atoms with van der Waals surface area (Å²) >= 11 is 1.73. The van der Waals surface area contributed by atoms with Crippen LogP contribution in [0, 0.1) is 13.8 Å². The molecule has 8 heteroatoms. The predicted octanol–water partition coefficient (Wildman–Crippen LogP) is 4.05. The van der Waals surface area contributed by atoms with E-state index in [1.165, 1.54) is 10.4 Å². The van der Waals surface area contributed by atoms with E-state index in [1.54, 1.807) is 11.3 Å². The van der Waals surface area contributed by atoms with Crippen LogP contribution in [0.25, 0.3) is 10.2 Å². The molecule has 158 valence electrons. The number of nitrogens with one attached hydrogen (secondary N) is 1. The Kier molecular flexibility index (Phi) is 5.45. The van der Waals surface area contributed by atoms with Gasteiger partial charge in [-0.05, 0) is 31.5 Å². The molecule has 2 aliphatic heterocycles. The van der Waals surface area contributed by atoms with Gasteiger partial charge in [-0.15, -0.1) is 11.3 Å². The van der Waals surface area contributed by atoms with Crippen LogP contribution in [0.3, 0.4) is 0 Å². The SMILES string of the molecule is Cc1sc2nc(CN3CCOCC3)nc(Nc3ccc4c(c3)OCCCO4)c2c1C. The van der Waals surface area contributed by atoms with Crippen LogP contribution in [0.4, 0.5) is 11.5 Å². The molecule has 2 aliphatic rings. The van der Waals surface area contributed by atoms with Crippen LogP contribution in [0.1, 0.15) is 22.7 Å². The van der Waals surface area contributed by atoms with E-state index in [1.807, 2.05) is 18.2 Å². The molecule has 1 N–H and O–H groups in total. The highest BCUT2D eigenvalue weighted by molar-refractivity contribution is 7.18. The Morgan fingerprint density at radius 2 is 1.83 bits per heavy atom. The van der Waals surface area contributed by atoms with Crippen LogP contribution in [-0.4, -0.2) is 54.4 Å². The lowest BCUT2D eigenvalue weighted by Gasteiger charge is -2.25. The second kappa shape index (κ2) is 8.37. The van der Waals surface area contributed by atoms with Crippen LogP contribution in [-0.2, 0) is 11.3 Å². The van der Waals surface area contributed by atoms with Crippen LogP contribution < -0.4 is 14.8 Å². The van der Waals surface area contributed by atoms with Crippen molar-refractivity contribution in [2.24, 2.45) is 0 Å². The van der Waals surface area contributed by atoms with Crippen molar-refractivity contribution in [3.8, 4) is 11.5 Å². The Morgan fingerprint density at radius 3 is 2.67 bits per heavy atom. The highest BCUT2D eigenvalue weighted by Crippen LogP contribution is 2.37. The Balaban J connectivity index is 1.49. The molecule has 4 heterocycles. The van der Waals surface area contributed by atoms with Crippen LogP contribution in [0.5, 0.6) is 11.5 Å². The highest BCUT2D eigenvalue weighted by atomic mass is 32.1. The Labute approximate surface area is 180 Å². The number of rotatable bonds is 4. The number of thiophene rings is 1. The van der Waals surface area contributed by atoms with Gasteiger partial charge in [0.1, 0.15) is 16.5 Å². The number of nitrogens with zero attached hydrogens (tertiary/aromatic N) is 3. The van der Waals surface area contributed by atoms with Crippen molar-refractivity contribution in [2.45, 2.75) is 26.8 Å². The zero-order valence-electron chi connectivity index (χ0n) is 17.4. The topological polar surface area (TPSA) is 68.7 Å². The normalized spacial score (nSPS) is 17.1. The van der Waals surface area contributed by atoms with E-state index in [9.17, 15) is 0 Å². The molecule has 1 saturated heterocycles. The average Bonchev–Trinajstić information content (AvgIpc) is 2.91. The van der Waals surface area contributed by atoms with Gasteiger partial charge in [0.15, 0.2) is 11.5 Å². The van der Waals surface area contributed by atoms with Gasteiger partial charge in [0.05, 0.1) is 38.4 Å². The molecule has 5 rings (SSSR count). The molecule has 30 heavy (non-hydrogen) atoms. The second-order valence-electron chi connectivity index (χ2n) is 7.68. The maximum atomic E-state index is 5.85. The van der Waals surface area contributed by atoms with Gasteiger partial charge in [0, 0.05) is 36.1 Å². The fourth-order valence-corrected chi connectivity index (χ4v) is 4.84. The molecule has 1 fully saturated rings. The van der Waals surface area contributed by atoms with E-state index in [4.69, 9.17) is 24.2 Å². The van der Waals surface area contributed by atoms with Crippen molar-refractivity contribution < 1.29 is 14.2 Å². The monoisotopic (exact) mass is 426 g/mol. The Hall–Kier alpha value is -2.42. The number of aryl methyl sites for hydroxylation is 2. The van der Waals surface area contributed by atoms with Gasteiger partial charge in [-0.3, -0.25) is 4.90 Å². The van der Waals surface area contributed by atoms with Crippen LogP contribution in [0.15, 0.2) is 18.2 Å². The molecule has 0 amide bonds. The second-order valence-corrected chi connectivity index (χ2v) is 8.88. The van der Waals surface area contributed by atoms with Crippen molar-refractivity contribution in [3.63, 3.8) is 0 Å². The number of morpholine rings is 1. The third-order valence-electron chi connectivity index (χ3n) is 5.55. The minimum atomic E-state index is 0.667. The first-order valence-electron chi connectivity index (χ1n) is 10.4. The molecule has 7 nitrogen and oxygen atoms in total. The molecule has 0 bridgehead atoms. The maximum absolute atomic E-state index is 5.85. The Morgan fingerprint density at radius 1 is 1.03 bits per heavy atom. The molecule has 0 saturated carbocycles. The van der Waals surface area contributed by atoms with Crippen molar-refractivity contribution in [3.05, 3.63) is 34.5 Å². The number of benzene rings is 1. The minimum Gasteiger partial charge on any atom is -0.490 e. The molecule has 0 radical (unpaired) electrons. The summed E-state index contributed by atoms with van der Waals surface area (Å²) in [4.78, 5) is 14.4. The number of aromatic nitrogens is 2. The van der Waals surface area contributed by atoms with Gasteiger partial charge in [0.2, 0.25) is 0 Å². The fourth-order valence-electron chi connectivity index (χ4n) is 3.79. The molecular formula is C22H26N4O3S. The van der Waals surface area contributed by atoms with Gasteiger partial charge in [-0.1, -0.05) is 0 Å². The van der Waals surface area contributed by atoms with Gasteiger partial charge in [-0.25, -0.2) is 9.97 Å². The Bertz CT molecular complexity index is 1060. The minimum absolute atomic E-state index is 0.667. The zero-order valence-corrected chi connectivity index (χ0v) is 18.2. The summed E-state index contributed by atoms with van der Waals surface area (Å²) in [5.41, 5.74) is 2.16. The van der Waals surface area contributed by atoms with E-state index in [0.717, 1.165) is 78.3 Å². The molecule has 0 atom stereocenters. The lowest BCUT2D eigenvalue weighted by molar-refractivity contribution is 0.0331.